The van der Waals surface area contributed by atoms with Crippen molar-refractivity contribution < 1.29 is 34.2 Å². The quantitative estimate of drug-likeness (QED) is 0.410. The molecule has 1 aromatic carbocycles. The number of rotatable bonds is 3. The Kier molecular flexibility index (Phi) is 5.07. The van der Waals surface area contributed by atoms with Crippen molar-refractivity contribution in [2.24, 2.45) is 29.4 Å². The number of aliphatic hydroxyl groups excluding tert-OH is 1. The zero-order chi connectivity index (χ0) is 23.7. The molecule has 0 heterocycles. The second-order valence-electron chi connectivity index (χ2n) is 8.97. The molecule has 5 N–H and O–H groups in total. The van der Waals surface area contributed by atoms with Crippen LogP contribution in [-0.2, 0) is 19.2 Å². The molecule has 1 aromatic rings. The van der Waals surface area contributed by atoms with Gasteiger partial charge in [-0.1, -0.05) is 12.1 Å². The number of amides is 1. The average molecular weight is 443 g/mol. The lowest BCUT2D eigenvalue weighted by Crippen LogP contribution is -2.78. The first-order valence-corrected chi connectivity index (χ1v) is 10.3. The maximum absolute atomic E-state index is 13.9. The third-order valence-electron chi connectivity index (χ3n) is 7.35. The van der Waals surface area contributed by atoms with Crippen LogP contribution in [0.2, 0.25) is 0 Å². The molecule has 10 nitrogen and oxygen atoms in total. The monoisotopic (exact) mass is 443 g/mol. The lowest BCUT2D eigenvalue weighted by molar-refractivity contribution is -0.164. The number of phenols is 1. The fraction of sp³-hybridized carbons (Fsp3) is 0.500. The Morgan fingerprint density at radius 2 is 1.84 bits per heavy atom. The second kappa shape index (κ2) is 7.29. The molecule has 0 saturated heterocycles. The van der Waals surface area contributed by atoms with Gasteiger partial charge in [-0.25, -0.2) is 0 Å². The minimum atomic E-state index is -2.01. The van der Waals surface area contributed by atoms with Gasteiger partial charge in [0.05, 0.1) is 23.6 Å². The topological polar surface area (TPSA) is 167 Å². The number of phenolic OH excluding ortho intramolecular Hbond substituents is 1. The van der Waals surface area contributed by atoms with Crippen LogP contribution in [0.15, 0.2) is 18.2 Å². The number of carbonyl (C=O) groups is 5. The highest BCUT2D eigenvalue weighted by molar-refractivity contribution is 6.33. The van der Waals surface area contributed by atoms with Crippen molar-refractivity contribution in [3.05, 3.63) is 29.3 Å². The highest BCUT2D eigenvalue weighted by Gasteiger charge is 2.70. The molecule has 2 fully saturated rings. The molecule has 0 spiro atoms. The smallest absolute Gasteiger partial charge is 0.235 e. The first-order chi connectivity index (χ1) is 15.0. The summed E-state index contributed by atoms with van der Waals surface area (Å²) in [7, 11) is 4.53. The van der Waals surface area contributed by atoms with E-state index in [2.05, 4.69) is 5.32 Å². The van der Waals surface area contributed by atoms with Crippen molar-refractivity contribution in [3.63, 3.8) is 0 Å². The van der Waals surface area contributed by atoms with Crippen molar-refractivity contribution in [1.29, 1.82) is 0 Å². The van der Waals surface area contributed by atoms with Crippen molar-refractivity contribution in [1.82, 2.24) is 10.2 Å². The van der Waals surface area contributed by atoms with E-state index in [9.17, 15) is 34.2 Å². The third kappa shape index (κ3) is 2.60. The van der Waals surface area contributed by atoms with Gasteiger partial charge in [-0.2, -0.15) is 0 Å². The summed E-state index contributed by atoms with van der Waals surface area (Å²) in [4.78, 5) is 67.4. The van der Waals surface area contributed by atoms with E-state index in [-0.39, 0.29) is 23.3 Å². The summed E-state index contributed by atoms with van der Waals surface area (Å²) < 4.78 is 0. The van der Waals surface area contributed by atoms with Gasteiger partial charge in [-0.05, 0) is 39.2 Å². The van der Waals surface area contributed by atoms with Gasteiger partial charge in [-0.3, -0.25) is 28.9 Å². The molecular weight excluding hydrogens is 418 g/mol. The zero-order valence-corrected chi connectivity index (χ0v) is 17.9. The SMILES string of the molecule is CNC12C(=O)C(C(N)=O)C(=O)C(N(C)C)C1CC1C(C(=O)c3c(O)cccc3C1O)C2=O. The van der Waals surface area contributed by atoms with Gasteiger partial charge in [0.15, 0.2) is 29.1 Å². The number of aromatic hydroxyl groups is 1. The summed E-state index contributed by atoms with van der Waals surface area (Å²) >= 11 is 0. The molecule has 0 aromatic heterocycles. The number of likely N-dealkylation sites (N-methyl/N-ethyl adjacent to an activating group) is 2. The van der Waals surface area contributed by atoms with Crippen LogP contribution in [0.25, 0.3) is 0 Å². The molecule has 10 heteroatoms. The number of carbonyl (C=O) groups excluding carboxylic acids is 5. The highest BCUT2D eigenvalue weighted by atomic mass is 16.3. The Hall–Kier alpha value is -2.95. The highest BCUT2D eigenvalue weighted by Crippen LogP contribution is 2.53. The van der Waals surface area contributed by atoms with Crippen molar-refractivity contribution >= 4 is 29.0 Å². The van der Waals surface area contributed by atoms with E-state index in [1.165, 1.54) is 30.1 Å². The first kappa shape index (κ1) is 22.3. The number of nitrogens with two attached hydrogens (primary N) is 1. The van der Waals surface area contributed by atoms with Crippen LogP contribution in [0.5, 0.6) is 5.75 Å². The minimum Gasteiger partial charge on any atom is -0.507 e. The van der Waals surface area contributed by atoms with Crippen LogP contribution < -0.4 is 11.1 Å². The molecule has 3 aliphatic carbocycles. The number of hydrogen-bond donors (Lipinski definition) is 4. The summed E-state index contributed by atoms with van der Waals surface area (Å²) in [5, 5.41) is 24.1. The Labute approximate surface area is 183 Å². The van der Waals surface area contributed by atoms with Crippen LogP contribution in [0.1, 0.15) is 28.4 Å². The lowest BCUT2D eigenvalue weighted by atomic mass is 9.50. The number of primary amides is 1. The van der Waals surface area contributed by atoms with E-state index < -0.39 is 70.4 Å². The Balaban J connectivity index is 1.94. The van der Waals surface area contributed by atoms with E-state index in [0.717, 1.165) is 0 Å². The van der Waals surface area contributed by atoms with Gasteiger partial charge in [0.2, 0.25) is 5.91 Å². The van der Waals surface area contributed by atoms with E-state index >= 15 is 0 Å². The van der Waals surface area contributed by atoms with Crippen LogP contribution in [0.4, 0.5) is 0 Å². The largest absolute Gasteiger partial charge is 0.507 e. The number of nitrogens with one attached hydrogen (secondary N) is 1. The Bertz CT molecular complexity index is 1070. The van der Waals surface area contributed by atoms with Gasteiger partial charge in [0.1, 0.15) is 11.3 Å². The zero-order valence-electron chi connectivity index (χ0n) is 17.9. The summed E-state index contributed by atoms with van der Waals surface area (Å²) in [5.74, 6) is -9.84. The number of hydrogen-bond acceptors (Lipinski definition) is 9. The molecule has 7 unspecified atom stereocenters. The standard InChI is InChI=1S/C22H25N3O7/c1-24-22-10(15(25(2)3)18(29)14(20(22)31)21(23)32)7-9-13(19(22)30)17(28)12-8(16(9)27)5-4-6-11(12)26/h4-6,9-10,13-16,24,26-27H,7H2,1-3H3,(H2,23,32). The molecule has 2 saturated carbocycles. The van der Waals surface area contributed by atoms with Gasteiger partial charge < -0.3 is 21.3 Å². The normalized spacial score (nSPS) is 36.5. The maximum Gasteiger partial charge on any atom is 0.235 e. The molecule has 170 valence electrons. The van der Waals surface area contributed by atoms with Crippen LogP contribution >= 0.6 is 0 Å². The van der Waals surface area contributed by atoms with Crippen LogP contribution in [0.3, 0.4) is 0 Å². The lowest BCUT2D eigenvalue weighted by Gasteiger charge is -2.55. The number of nitrogens with zero attached hydrogens (tertiary/aromatic N) is 1. The third-order valence-corrected chi connectivity index (χ3v) is 7.35. The van der Waals surface area contributed by atoms with Crippen molar-refractivity contribution in [3.8, 4) is 5.75 Å². The number of ketones is 4. The number of aliphatic hydroxyl groups is 1. The van der Waals surface area contributed by atoms with Gasteiger partial charge in [0, 0.05) is 11.8 Å². The van der Waals surface area contributed by atoms with Crippen molar-refractivity contribution in [2.45, 2.75) is 24.1 Å². The predicted molar refractivity (Wildman–Crippen MR) is 109 cm³/mol. The van der Waals surface area contributed by atoms with Crippen LogP contribution in [0, 0.1) is 23.7 Å². The molecule has 0 aliphatic heterocycles. The van der Waals surface area contributed by atoms with E-state index in [1.807, 2.05) is 0 Å². The fourth-order valence-corrected chi connectivity index (χ4v) is 6.02. The molecule has 0 radical (unpaired) electrons. The minimum absolute atomic E-state index is 0.00887. The summed E-state index contributed by atoms with van der Waals surface area (Å²) in [6, 6.07) is 3.25. The summed E-state index contributed by atoms with van der Waals surface area (Å²) in [6.45, 7) is 0. The molecule has 0 bridgehead atoms. The first-order valence-electron chi connectivity index (χ1n) is 10.3. The maximum atomic E-state index is 13.9. The summed E-state index contributed by atoms with van der Waals surface area (Å²) in [6.07, 6.45) is -1.27. The predicted octanol–water partition coefficient (Wildman–Crippen LogP) is -1.41. The van der Waals surface area contributed by atoms with Crippen molar-refractivity contribution in [2.75, 3.05) is 21.1 Å². The summed E-state index contributed by atoms with van der Waals surface area (Å²) in [5.41, 5.74) is 3.41. The van der Waals surface area contributed by atoms with E-state index in [0.29, 0.717) is 0 Å². The molecule has 4 rings (SSSR count). The Morgan fingerprint density at radius 1 is 1.19 bits per heavy atom. The molecule has 3 aliphatic rings. The molecule has 7 atom stereocenters. The van der Waals surface area contributed by atoms with E-state index in [4.69, 9.17) is 5.73 Å². The number of Topliss-reactive ketones (excluding diaryl/α,β-unsaturated/α-hetero) is 4. The van der Waals surface area contributed by atoms with E-state index in [1.54, 1.807) is 14.1 Å². The van der Waals surface area contributed by atoms with Gasteiger partial charge >= 0.3 is 0 Å². The van der Waals surface area contributed by atoms with Gasteiger partial charge in [0.25, 0.3) is 0 Å². The van der Waals surface area contributed by atoms with Crippen LogP contribution in [-0.4, -0.2) is 76.9 Å². The van der Waals surface area contributed by atoms with Gasteiger partial charge in [-0.15, -0.1) is 0 Å². The Morgan fingerprint density at radius 3 is 2.41 bits per heavy atom. The number of fused-ring (bicyclic) bond motifs is 3. The molecular formula is C22H25N3O7. The molecule has 32 heavy (non-hydrogen) atoms. The second-order valence-corrected chi connectivity index (χ2v) is 8.97. The average Bonchev–Trinajstić information content (AvgIpc) is 2.71. The fourth-order valence-electron chi connectivity index (χ4n) is 6.02. The number of benzene rings is 1. The molecule has 1 amide bonds.